The predicted octanol–water partition coefficient (Wildman–Crippen LogP) is 3.09. The minimum Gasteiger partial charge on any atom is -0.292 e. The molecule has 0 N–H and O–H groups in total. The quantitative estimate of drug-likeness (QED) is 0.861. The van der Waals surface area contributed by atoms with Crippen molar-refractivity contribution in [2.45, 2.75) is 13.3 Å². The summed E-state index contributed by atoms with van der Waals surface area (Å²) < 4.78 is 0. The number of amidine groups is 1. The largest absolute Gasteiger partial charge is 0.292 e. The van der Waals surface area contributed by atoms with Crippen molar-refractivity contribution in [1.29, 1.82) is 0 Å². The molecule has 19 heavy (non-hydrogen) atoms. The number of carbonyl (C=O) groups is 1. The van der Waals surface area contributed by atoms with Crippen LogP contribution in [0.15, 0.2) is 40.8 Å². The first-order valence-corrected chi connectivity index (χ1v) is 7.08. The molecule has 2 heterocycles. The number of aromatic nitrogens is 1. The summed E-state index contributed by atoms with van der Waals surface area (Å²) in [6.45, 7) is 2.73. The molecule has 0 unspecified atom stereocenters. The highest BCUT2D eigenvalue weighted by Crippen LogP contribution is 2.26. The Balaban J connectivity index is 2.11. The fourth-order valence-corrected chi connectivity index (χ4v) is 2.67. The van der Waals surface area contributed by atoms with E-state index in [9.17, 15) is 4.79 Å². The van der Waals surface area contributed by atoms with Gasteiger partial charge in [0.2, 0.25) is 5.13 Å². The Hall–Kier alpha value is -2.01. The normalized spacial score (nSPS) is 16.2. The first-order valence-electron chi connectivity index (χ1n) is 6.20. The van der Waals surface area contributed by atoms with Crippen LogP contribution < -0.4 is 0 Å². The number of aliphatic imine (C=N–C) groups is 1. The van der Waals surface area contributed by atoms with Gasteiger partial charge in [0.15, 0.2) is 0 Å². The molecule has 0 spiro atoms. The van der Waals surface area contributed by atoms with Crippen molar-refractivity contribution < 1.29 is 4.79 Å². The van der Waals surface area contributed by atoms with E-state index in [0.29, 0.717) is 11.7 Å². The molecule has 0 saturated heterocycles. The van der Waals surface area contributed by atoms with Gasteiger partial charge in [-0.05, 0) is 12.5 Å². The Bertz CT molecular complexity index is 634. The van der Waals surface area contributed by atoms with Crippen LogP contribution in [0.25, 0.3) is 0 Å². The molecule has 4 nitrogen and oxygen atoms in total. The number of amides is 1. The van der Waals surface area contributed by atoms with Crippen molar-refractivity contribution in [3.63, 3.8) is 0 Å². The van der Waals surface area contributed by atoms with Crippen LogP contribution in [0.2, 0.25) is 0 Å². The van der Waals surface area contributed by atoms with E-state index in [1.165, 1.54) is 11.3 Å². The first-order chi connectivity index (χ1) is 9.31. The molecule has 3 rings (SSSR count). The van der Waals surface area contributed by atoms with Crippen molar-refractivity contribution in [3.05, 3.63) is 47.0 Å². The molecule has 0 bridgehead atoms. The summed E-state index contributed by atoms with van der Waals surface area (Å²) in [5, 5.41) is 2.56. The maximum Gasteiger partial charge on any atom is 0.260 e. The van der Waals surface area contributed by atoms with Crippen molar-refractivity contribution in [3.8, 4) is 0 Å². The molecular formula is C14H13N3OS. The molecule has 0 saturated carbocycles. The van der Waals surface area contributed by atoms with E-state index in [4.69, 9.17) is 0 Å². The topological polar surface area (TPSA) is 45.6 Å². The van der Waals surface area contributed by atoms with Gasteiger partial charge in [0.25, 0.3) is 5.91 Å². The summed E-state index contributed by atoms with van der Waals surface area (Å²) in [4.78, 5) is 22.8. The third-order valence-corrected chi connectivity index (χ3v) is 3.63. The first kappa shape index (κ1) is 12.0. The maximum atomic E-state index is 12.4. The van der Waals surface area contributed by atoms with E-state index in [-0.39, 0.29) is 5.91 Å². The van der Waals surface area contributed by atoms with E-state index in [1.54, 1.807) is 11.1 Å². The molecule has 1 aromatic heterocycles. The van der Waals surface area contributed by atoms with Crippen molar-refractivity contribution in [2.24, 2.45) is 4.99 Å². The van der Waals surface area contributed by atoms with Gasteiger partial charge in [0.05, 0.1) is 5.56 Å². The fraction of sp³-hybridized carbons (Fsp3) is 0.214. The van der Waals surface area contributed by atoms with E-state index in [2.05, 4.69) is 16.9 Å². The Morgan fingerprint density at radius 2 is 2.11 bits per heavy atom. The number of hydrogen-bond donors (Lipinski definition) is 0. The average Bonchev–Trinajstić information content (AvgIpc) is 3.02. The van der Waals surface area contributed by atoms with Crippen LogP contribution in [-0.2, 0) is 0 Å². The molecule has 2 aromatic rings. The zero-order chi connectivity index (χ0) is 13.2. The Labute approximate surface area is 115 Å². The van der Waals surface area contributed by atoms with Crippen LogP contribution in [0, 0.1) is 0 Å². The van der Waals surface area contributed by atoms with Gasteiger partial charge >= 0.3 is 0 Å². The highest BCUT2D eigenvalue weighted by molar-refractivity contribution is 7.13. The second-order valence-electron chi connectivity index (χ2n) is 4.25. The average molecular weight is 271 g/mol. The molecule has 1 amide bonds. The minimum atomic E-state index is 0.0350. The Kier molecular flexibility index (Phi) is 3.13. The smallest absolute Gasteiger partial charge is 0.260 e. The SMILES string of the molecule is CCCN1C(=O)c2ccccc2/C1=N/c1nccs1. The number of nitrogens with zero attached hydrogens (tertiary/aromatic N) is 3. The van der Waals surface area contributed by atoms with Gasteiger partial charge in [-0.2, -0.15) is 0 Å². The van der Waals surface area contributed by atoms with Crippen LogP contribution in [0.3, 0.4) is 0 Å². The highest BCUT2D eigenvalue weighted by Gasteiger charge is 2.32. The third kappa shape index (κ3) is 2.06. The highest BCUT2D eigenvalue weighted by atomic mass is 32.1. The summed E-state index contributed by atoms with van der Waals surface area (Å²) in [5.41, 5.74) is 1.63. The molecule has 0 aliphatic carbocycles. The molecule has 96 valence electrons. The molecule has 0 atom stereocenters. The fourth-order valence-electron chi connectivity index (χ4n) is 2.16. The van der Waals surface area contributed by atoms with E-state index < -0.39 is 0 Å². The van der Waals surface area contributed by atoms with Gasteiger partial charge in [0.1, 0.15) is 5.84 Å². The molecule has 0 radical (unpaired) electrons. The number of carbonyl (C=O) groups excluding carboxylic acids is 1. The number of rotatable bonds is 3. The summed E-state index contributed by atoms with van der Waals surface area (Å²) in [7, 11) is 0. The van der Waals surface area contributed by atoms with E-state index in [0.717, 1.165) is 23.4 Å². The van der Waals surface area contributed by atoms with Gasteiger partial charge < -0.3 is 0 Å². The Morgan fingerprint density at radius 3 is 2.79 bits per heavy atom. The second kappa shape index (κ2) is 4.93. The summed E-state index contributed by atoms with van der Waals surface area (Å²) in [5.74, 6) is 0.755. The lowest BCUT2D eigenvalue weighted by Crippen LogP contribution is -2.30. The van der Waals surface area contributed by atoms with Crippen LogP contribution in [0.4, 0.5) is 5.13 Å². The van der Waals surface area contributed by atoms with Crippen LogP contribution in [0.1, 0.15) is 29.3 Å². The number of thiazole rings is 1. The van der Waals surface area contributed by atoms with Gasteiger partial charge in [0, 0.05) is 23.7 Å². The monoisotopic (exact) mass is 271 g/mol. The summed E-state index contributed by atoms with van der Waals surface area (Å²) in [6.07, 6.45) is 2.62. The minimum absolute atomic E-state index is 0.0350. The summed E-state index contributed by atoms with van der Waals surface area (Å²) in [6, 6.07) is 7.60. The van der Waals surface area contributed by atoms with Gasteiger partial charge in [-0.25, -0.2) is 9.98 Å². The van der Waals surface area contributed by atoms with Gasteiger partial charge in [-0.1, -0.05) is 25.1 Å². The molecular weight excluding hydrogens is 258 g/mol. The third-order valence-electron chi connectivity index (χ3n) is 2.97. The second-order valence-corrected chi connectivity index (χ2v) is 5.13. The number of fused-ring (bicyclic) bond motifs is 1. The predicted molar refractivity (Wildman–Crippen MR) is 76.1 cm³/mol. The zero-order valence-corrected chi connectivity index (χ0v) is 11.4. The van der Waals surface area contributed by atoms with Crippen LogP contribution >= 0.6 is 11.3 Å². The van der Waals surface area contributed by atoms with Gasteiger partial charge in [-0.15, -0.1) is 11.3 Å². The van der Waals surface area contributed by atoms with Crippen molar-refractivity contribution in [1.82, 2.24) is 9.88 Å². The summed E-state index contributed by atoms with van der Waals surface area (Å²) >= 11 is 1.47. The van der Waals surface area contributed by atoms with Gasteiger partial charge in [-0.3, -0.25) is 9.69 Å². The molecule has 0 fully saturated rings. The van der Waals surface area contributed by atoms with E-state index in [1.807, 2.05) is 29.6 Å². The maximum absolute atomic E-state index is 12.4. The molecule has 1 aliphatic heterocycles. The Morgan fingerprint density at radius 1 is 1.32 bits per heavy atom. The number of hydrogen-bond acceptors (Lipinski definition) is 4. The number of benzene rings is 1. The van der Waals surface area contributed by atoms with Crippen LogP contribution in [0.5, 0.6) is 0 Å². The lowest BCUT2D eigenvalue weighted by Gasteiger charge is -2.15. The standard InChI is InChI=1S/C14H13N3OS/c1-2-8-17-12(16-14-15-7-9-19-14)10-5-3-4-6-11(10)13(17)18/h3-7,9H,2,8H2,1H3/b16-12-. The van der Waals surface area contributed by atoms with Crippen molar-refractivity contribution in [2.75, 3.05) is 6.54 Å². The lowest BCUT2D eigenvalue weighted by atomic mass is 10.1. The molecule has 5 heteroatoms. The van der Waals surface area contributed by atoms with E-state index >= 15 is 0 Å². The zero-order valence-electron chi connectivity index (χ0n) is 10.5. The molecule has 1 aliphatic rings. The lowest BCUT2D eigenvalue weighted by molar-refractivity contribution is 0.0860. The van der Waals surface area contributed by atoms with Crippen molar-refractivity contribution >= 4 is 28.2 Å². The van der Waals surface area contributed by atoms with Crippen LogP contribution in [-0.4, -0.2) is 28.2 Å². The molecule has 1 aromatic carbocycles.